The number of para-hydroxylation sites is 1. The number of hydrogen-bond donors (Lipinski definition) is 1. The molecular formula is C23H20Cl2N2O4. The molecule has 160 valence electrons. The quantitative estimate of drug-likeness (QED) is 0.506. The second-order valence-corrected chi connectivity index (χ2v) is 8.34. The second-order valence-electron chi connectivity index (χ2n) is 7.49. The summed E-state index contributed by atoms with van der Waals surface area (Å²) in [6.45, 7) is 0.184. The number of nitrogens with zero attached hydrogens (tertiary/aromatic N) is 1. The molecule has 0 unspecified atom stereocenters. The molecule has 1 N–H and O–H groups in total. The van der Waals surface area contributed by atoms with Gasteiger partial charge in [-0.25, -0.2) is 4.79 Å². The topological polar surface area (TPSA) is 75.7 Å². The number of hydrogen-bond acceptors (Lipinski definition) is 4. The van der Waals surface area contributed by atoms with Crippen LogP contribution >= 0.6 is 23.2 Å². The Morgan fingerprint density at radius 2 is 1.81 bits per heavy atom. The Hall–Kier alpha value is -2.83. The van der Waals surface area contributed by atoms with Gasteiger partial charge in [-0.3, -0.25) is 19.8 Å². The van der Waals surface area contributed by atoms with Gasteiger partial charge in [-0.15, -0.1) is 0 Å². The van der Waals surface area contributed by atoms with Crippen molar-refractivity contribution >= 4 is 47.1 Å². The lowest BCUT2D eigenvalue weighted by molar-refractivity contribution is -0.131. The summed E-state index contributed by atoms with van der Waals surface area (Å²) in [6, 6.07) is 11.3. The smallest absolute Gasteiger partial charge is 0.331 e. The number of carbonyl (C=O) groups excluding carboxylic acids is 3. The van der Waals surface area contributed by atoms with Crippen LogP contribution in [0.25, 0.3) is 6.08 Å². The minimum Gasteiger partial charge on any atom is -0.488 e. The average molecular weight is 459 g/mol. The molecular weight excluding hydrogens is 439 g/mol. The molecule has 0 spiro atoms. The van der Waals surface area contributed by atoms with E-state index in [0.29, 0.717) is 21.4 Å². The minimum atomic E-state index is -0.709. The molecule has 1 saturated carbocycles. The van der Waals surface area contributed by atoms with E-state index in [1.54, 1.807) is 42.5 Å². The molecule has 6 nitrogen and oxygen atoms in total. The molecule has 2 aliphatic rings. The van der Waals surface area contributed by atoms with Crippen LogP contribution in [-0.2, 0) is 16.2 Å². The molecule has 1 aliphatic heterocycles. The Balaban J connectivity index is 1.59. The maximum Gasteiger partial charge on any atom is 0.331 e. The van der Waals surface area contributed by atoms with E-state index in [0.717, 1.165) is 31.2 Å². The van der Waals surface area contributed by atoms with Gasteiger partial charge in [-0.1, -0.05) is 60.3 Å². The molecule has 0 bridgehead atoms. The Morgan fingerprint density at radius 1 is 1.06 bits per heavy atom. The minimum absolute atomic E-state index is 0.0907. The highest BCUT2D eigenvalue weighted by Crippen LogP contribution is 2.29. The summed E-state index contributed by atoms with van der Waals surface area (Å²) in [5.41, 5.74) is 1.21. The SMILES string of the molecule is O=C1NC(=O)N(C2CCCC2)C(=O)/C1=C/c1ccccc1OCc1ccc(Cl)cc1Cl. The first-order valence-corrected chi connectivity index (χ1v) is 10.8. The zero-order valence-electron chi connectivity index (χ0n) is 16.6. The number of urea groups is 1. The summed E-state index contributed by atoms with van der Waals surface area (Å²) in [7, 11) is 0. The molecule has 1 saturated heterocycles. The summed E-state index contributed by atoms with van der Waals surface area (Å²) in [4.78, 5) is 38.9. The first-order chi connectivity index (χ1) is 14.9. The van der Waals surface area contributed by atoms with Crippen molar-refractivity contribution in [2.45, 2.75) is 38.3 Å². The average Bonchev–Trinajstić information content (AvgIpc) is 3.25. The molecule has 31 heavy (non-hydrogen) atoms. The largest absolute Gasteiger partial charge is 0.488 e. The Morgan fingerprint density at radius 3 is 2.55 bits per heavy atom. The zero-order chi connectivity index (χ0) is 22.0. The van der Waals surface area contributed by atoms with Crippen molar-refractivity contribution in [3.8, 4) is 5.75 Å². The zero-order valence-corrected chi connectivity index (χ0v) is 18.1. The van der Waals surface area contributed by atoms with Gasteiger partial charge in [0.25, 0.3) is 11.8 Å². The van der Waals surface area contributed by atoms with Gasteiger partial charge in [0.1, 0.15) is 17.9 Å². The van der Waals surface area contributed by atoms with Crippen LogP contribution in [0.15, 0.2) is 48.0 Å². The van der Waals surface area contributed by atoms with E-state index >= 15 is 0 Å². The summed E-state index contributed by atoms with van der Waals surface area (Å²) in [6.07, 6.45) is 4.88. The van der Waals surface area contributed by atoms with Crippen LogP contribution in [-0.4, -0.2) is 28.8 Å². The molecule has 0 radical (unpaired) electrons. The summed E-state index contributed by atoms with van der Waals surface area (Å²) >= 11 is 12.1. The van der Waals surface area contributed by atoms with E-state index in [9.17, 15) is 14.4 Å². The van der Waals surface area contributed by atoms with Crippen molar-refractivity contribution in [3.05, 3.63) is 69.2 Å². The van der Waals surface area contributed by atoms with Gasteiger partial charge >= 0.3 is 6.03 Å². The highest BCUT2D eigenvalue weighted by Gasteiger charge is 2.40. The summed E-state index contributed by atoms with van der Waals surface area (Å²) < 4.78 is 5.91. The number of imide groups is 2. The lowest BCUT2D eigenvalue weighted by Crippen LogP contribution is -2.57. The van der Waals surface area contributed by atoms with E-state index in [1.807, 2.05) is 0 Å². The van der Waals surface area contributed by atoms with Crippen LogP contribution < -0.4 is 10.1 Å². The summed E-state index contributed by atoms with van der Waals surface area (Å²) in [5, 5.41) is 3.30. The fourth-order valence-electron chi connectivity index (χ4n) is 3.85. The number of halogens is 2. The molecule has 0 atom stereocenters. The van der Waals surface area contributed by atoms with Crippen molar-refractivity contribution in [3.63, 3.8) is 0 Å². The summed E-state index contributed by atoms with van der Waals surface area (Å²) in [5.74, 6) is -0.804. The number of carbonyl (C=O) groups is 3. The van der Waals surface area contributed by atoms with Crippen molar-refractivity contribution in [1.82, 2.24) is 10.2 Å². The third-order valence-electron chi connectivity index (χ3n) is 5.44. The van der Waals surface area contributed by atoms with Gasteiger partial charge in [0.2, 0.25) is 0 Å². The van der Waals surface area contributed by atoms with Crippen molar-refractivity contribution in [2.24, 2.45) is 0 Å². The highest BCUT2D eigenvalue weighted by atomic mass is 35.5. The van der Waals surface area contributed by atoms with Crippen molar-refractivity contribution in [2.75, 3.05) is 0 Å². The normalized spacial score (nSPS) is 18.6. The molecule has 8 heteroatoms. The first kappa shape index (κ1) is 21.4. The van der Waals surface area contributed by atoms with Crippen molar-refractivity contribution in [1.29, 1.82) is 0 Å². The lowest BCUT2D eigenvalue weighted by atomic mass is 10.0. The highest BCUT2D eigenvalue weighted by molar-refractivity contribution is 6.35. The molecule has 2 aromatic carbocycles. The number of ether oxygens (including phenoxy) is 1. The molecule has 2 aromatic rings. The standard InChI is InChI=1S/C23H20Cl2N2O4/c24-16-10-9-15(19(25)12-16)13-31-20-8-4-1-5-14(20)11-18-21(28)26-23(30)27(22(18)29)17-6-2-3-7-17/h1,4-5,8-12,17H,2-3,6-7,13H2,(H,26,28,30)/b18-11+. The van der Waals surface area contributed by atoms with Crippen LogP contribution in [0.5, 0.6) is 5.75 Å². The predicted molar refractivity (Wildman–Crippen MR) is 118 cm³/mol. The maximum absolute atomic E-state index is 13.0. The monoisotopic (exact) mass is 458 g/mol. The number of amides is 4. The number of nitrogens with one attached hydrogen (secondary N) is 1. The van der Waals surface area contributed by atoms with E-state index < -0.39 is 17.8 Å². The van der Waals surface area contributed by atoms with E-state index in [1.165, 1.54) is 11.0 Å². The van der Waals surface area contributed by atoms with E-state index in [-0.39, 0.29) is 18.2 Å². The molecule has 4 rings (SSSR count). The molecule has 1 heterocycles. The fraction of sp³-hybridized carbons (Fsp3) is 0.261. The maximum atomic E-state index is 13.0. The fourth-order valence-corrected chi connectivity index (χ4v) is 4.31. The number of barbiturate groups is 1. The van der Waals surface area contributed by atoms with Crippen LogP contribution in [0.2, 0.25) is 10.0 Å². The predicted octanol–water partition coefficient (Wildman–Crippen LogP) is 4.98. The Kier molecular flexibility index (Phi) is 6.30. The molecule has 4 amide bonds. The lowest BCUT2D eigenvalue weighted by Gasteiger charge is -2.31. The van der Waals surface area contributed by atoms with Gasteiger partial charge < -0.3 is 4.74 Å². The van der Waals surface area contributed by atoms with Gasteiger partial charge in [0.05, 0.1) is 0 Å². The molecule has 0 aromatic heterocycles. The van der Waals surface area contributed by atoms with Gasteiger partial charge in [-0.05, 0) is 37.1 Å². The van der Waals surface area contributed by atoms with Crippen LogP contribution in [0.4, 0.5) is 4.79 Å². The molecule has 1 aliphatic carbocycles. The van der Waals surface area contributed by atoms with Gasteiger partial charge in [-0.2, -0.15) is 0 Å². The van der Waals surface area contributed by atoms with Gasteiger partial charge in [0.15, 0.2) is 0 Å². The Bertz CT molecular complexity index is 1080. The molecule has 2 fully saturated rings. The van der Waals surface area contributed by atoms with Crippen LogP contribution in [0.3, 0.4) is 0 Å². The van der Waals surface area contributed by atoms with Gasteiger partial charge in [0, 0.05) is 27.2 Å². The third kappa shape index (κ3) is 4.60. The number of benzene rings is 2. The third-order valence-corrected chi connectivity index (χ3v) is 6.03. The van der Waals surface area contributed by atoms with Crippen molar-refractivity contribution < 1.29 is 19.1 Å². The van der Waals surface area contributed by atoms with Crippen LogP contribution in [0, 0.1) is 0 Å². The number of rotatable bonds is 5. The van der Waals surface area contributed by atoms with E-state index in [4.69, 9.17) is 27.9 Å². The second kappa shape index (κ2) is 9.12. The first-order valence-electron chi connectivity index (χ1n) is 10.0. The van der Waals surface area contributed by atoms with E-state index in [2.05, 4.69) is 5.32 Å². The van der Waals surface area contributed by atoms with Crippen LogP contribution in [0.1, 0.15) is 36.8 Å². The Labute approximate surface area is 189 Å².